The molecule has 0 aromatic heterocycles. The van der Waals surface area contributed by atoms with Crippen LogP contribution in [0.2, 0.25) is 0 Å². The third-order valence-corrected chi connectivity index (χ3v) is 3.20. The third kappa shape index (κ3) is 12.1. The summed E-state index contributed by atoms with van der Waals surface area (Å²) in [5.74, 6) is 0. The largest absolute Gasteiger partial charge is 0.367 e. The zero-order valence-corrected chi connectivity index (χ0v) is 11.7. The molecule has 2 N–H and O–H groups in total. The Kier molecular flexibility index (Phi) is 12.3. The fraction of sp³-hybridized carbons (Fsp3) is 1.00. The van der Waals surface area contributed by atoms with E-state index in [1.165, 1.54) is 51.4 Å². The van der Waals surface area contributed by atoms with E-state index in [0.717, 1.165) is 13.1 Å². The molecule has 0 unspecified atom stereocenters. The number of rotatable bonds is 12. The summed E-state index contributed by atoms with van der Waals surface area (Å²) in [7, 11) is 0. The molecule has 0 aromatic carbocycles. The Bertz CT molecular complexity index is 151. The second-order valence-electron chi connectivity index (χ2n) is 4.85. The zero-order chi connectivity index (χ0) is 12.9. The molecule has 0 rings (SSSR count). The van der Waals surface area contributed by atoms with Gasteiger partial charge in [-0.15, -0.1) is 0 Å². The molecule has 0 aliphatic carbocycles. The average Bonchev–Trinajstić information content (AvgIpc) is 2.30. The molecule has 0 amide bonds. The summed E-state index contributed by atoms with van der Waals surface area (Å²) in [5.41, 5.74) is 0. The lowest BCUT2D eigenvalue weighted by atomic mass is 10.1. The Balaban J connectivity index is 3.25. The van der Waals surface area contributed by atoms with Crippen molar-refractivity contribution in [3.05, 3.63) is 0 Å². The van der Waals surface area contributed by atoms with Gasteiger partial charge in [-0.3, -0.25) is 4.90 Å². The van der Waals surface area contributed by atoms with E-state index in [4.69, 9.17) is 10.2 Å². The molecular formula is C14H31NO2. The summed E-state index contributed by atoms with van der Waals surface area (Å²) >= 11 is 0. The van der Waals surface area contributed by atoms with Crippen LogP contribution in [0, 0.1) is 0 Å². The van der Waals surface area contributed by atoms with Crippen LogP contribution < -0.4 is 0 Å². The quantitative estimate of drug-likeness (QED) is 0.410. The summed E-state index contributed by atoms with van der Waals surface area (Å²) in [6.45, 7) is 6.58. The van der Waals surface area contributed by atoms with Crippen molar-refractivity contribution >= 4 is 0 Å². The summed E-state index contributed by atoms with van der Waals surface area (Å²) in [6, 6.07) is 0. The highest BCUT2D eigenvalue weighted by Gasteiger charge is 2.06. The van der Waals surface area contributed by atoms with Crippen molar-refractivity contribution in [2.75, 3.05) is 19.6 Å². The first-order chi connectivity index (χ1) is 8.20. The SMILES string of the molecule is CCCCCCCCCCN(CC)CC(O)O. The lowest BCUT2D eigenvalue weighted by Crippen LogP contribution is -2.32. The van der Waals surface area contributed by atoms with Crippen molar-refractivity contribution in [3.8, 4) is 0 Å². The molecular weight excluding hydrogens is 214 g/mol. The molecule has 0 heterocycles. The molecule has 0 aromatic rings. The second kappa shape index (κ2) is 12.3. The maximum atomic E-state index is 8.89. The number of nitrogens with zero attached hydrogens (tertiary/aromatic N) is 1. The van der Waals surface area contributed by atoms with Crippen LogP contribution in [0.4, 0.5) is 0 Å². The Labute approximate surface area is 107 Å². The Morgan fingerprint density at radius 3 is 1.82 bits per heavy atom. The lowest BCUT2D eigenvalue weighted by molar-refractivity contribution is -0.0606. The van der Waals surface area contributed by atoms with E-state index in [0.29, 0.717) is 6.54 Å². The van der Waals surface area contributed by atoms with Crippen molar-refractivity contribution in [1.82, 2.24) is 4.90 Å². The minimum Gasteiger partial charge on any atom is -0.367 e. The highest BCUT2D eigenvalue weighted by molar-refractivity contribution is 4.57. The number of aliphatic hydroxyl groups excluding tert-OH is 1. The van der Waals surface area contributed by atoms with Crippen molar-refractivity contribution in [3.63, 3.8) is 0 Å². The van der Waals surface area contributed by atoms with Crippen molar-refractivity contribution in [2.45, 2.75) is 71.5 Å². The molecule has 0 fully saturated rings. The molecule has 0 aliphatic heterocycles. The van der Waals surface area contributed by atoms with Gasteiger partial charge in [0.05, 0.1) is 0 Å². The van der Waals surface area contributed by atoms with Crippen LogP contribution in [0.5, 0.6) is 0 Å². The van der Waals surface area contributed by atoms with Crippen LogP contribution in [0.25, 0.3) is 0 Å². The lowest BCUT2D eigenvalue weighted by Gasteiger charge is -2.20. The zero-order valence-electron chi connectivity index (χ0n) is 11.7. The van der Waals surface area contributed by atoms with Gasteiger partial charge in [-0.25, -0.2) is 0 Å². The first kappa shape index (κ1) is 16.9. The van der Waals surface area contributed by atoms with E-state index >= 15 is 0 Å². The molecule has 0 bridgehead atoms. The smallest absolute Gasteiger partial charge is 0.164 e. The highest BCUT2D eigenvalue weighted by atomic mass is 16.5. The van der Waals surface area contributed by atoms with Crippen LogP contribution in [0.15, 0.2) is 0 Å². The molecule has 0 atom stereocenters. The Morgan fingerprint density at radius 2 is 1.35 bits per heavy atom. The average molecular weight is 245 g/mol. The normalized spacial score (nSPS) is 11.6. The van der Waals surface area contributed by atoms with Gasteiger partial charge in [0.25, 0.3) is 0 Å². The predicted octanol–water partition coefficient (Wildman–Crippen LogP) is 2.76. The van der Waals surface area contributed by atoms with Gasteiger partial charge >= 0.3 is 0 Å². The number of unbranched alkanes of at least 4 members (excludes halogenated alkanes) is 7. The molecule has 3 heteroatoms. The molecule has 0 radical (unpaired) electrons. The van der Waals surface area contributed by atoms with E-state index in [1.807, 2.05) is 0 Å². The fourth-order valence-electron chi connectivity index (χ4n) is 2.08. The van der Waals surface area contributed by atoms with Crippen molar-refractivity contribution < 1.29 is 10.2 Å². The molecule has 0 saturated heterocycles. The first-order valence-corrected chi connectivity index (χ1v) is 7.29. The monoisotopic (exact) mass is 245 g/mol. The van der Waals surface area contributed by atoms with Crippen LogP contribution in [-0.2, 0) is 0 Å². The molecule has 0 aliphatic rings. The third-order valence-electron chi connectivity index (χ3n) is 3.20. The summed E-state index contributed by atoms with van der Waals surface area (Å²) in [6.07, 6.45) is 9.38. The maximum Gasteiger partial charge on any atom is 0.164 e. The van der Waals surface area contributed by atoms with E-state index in [2.05, 4.69) is 18.7 Å². The summed E-state index contributed by atoms with van der Waals surface area (Å²) in [5, 5.41) is 17.8. The second-order valence-corrected chi connectivity index (χ2v) is 4.85. The van der Waals surface area contributed by atoms with Crippen LogP contribution in [0.1, 0.15) is 65.2 Å². The van der Waals surface area contributed by atoms with Crippen LogP contribution in [-0.4, -0.2) is 41.0 Å². The van der Waals surface area contributed by atoms with E-state index in [9.17, 15) is 0 Å². The van der Waals surface area contributed by atoms with Gasteiger partial charge in [0.2, 0.25) is 0 Å². The Morgan fingerprint density at radius 1 is 0.824 bits per heavy atom. The van der Waals surface area contributed by atoms with Crippen LogP contribution in [0.3, 0.4) is 0 Å². The minimum atomic E-state index is -1.19. The molecule has 17 heavy (non-hydrogen) atoms. The van der Waals surface area contributed by atoms with Crippen molar-refractivity contribution in [1.29, 1.82) is 0 Å². The van der Waals surface area contributed by atoms with Crippen LogP contribution >= 0.6 is 0 Å². The van der Waals surface area contributed by atoms with Gasteiger partial charge in [-0.2, -0.15) is 0 Å². The predicted molar refractivity (Wildman–Crippen MR) is 72.9 cm³/mol. The van der Waals surface area contributed by atoms with Gasteiger partial charge in [-0.05, 0) is 19.5 Å². The van der Waals surface area contributed by atoms with Gasteiger partial charge in [0.15, 0.2) is 6.29 Å². The number of aliphatic hydroxyl groups is 2. The molecule has 0 spiro atoms. The standard InChI is InChI=1S/C14H31NO2/c1-3-5-6-7-8-9-10-11-12-15(4-2)13-14(16)17/h14,16-17H,3-13H2,1-2H3. The summed E-state index contributed by atoms with van der Waals surface area (Å²) in [4.78, 5) is 2.10. The number of hydrogen-bond acceptors (Lipinski definition) is 3. The van der Waals surface area contributed by atoms with E-state index < -0.39 is 6.29 Å². The molecule has 104 valence electrons. The van der Waals surface area contributed by atoms with E-state index in [-0.39, 0.29) is 0 Å². The van der Waals surface area contributed by atoms with Gasteiger partial charge in [-0.1, -0.05) is 58.8 Å². The van der Waals surface area contributed by atoms with Gasteiger partial charge in [0, 0.05) is 6.54 Å². The first-order valence-electron chi connectivity index (χ1n) is 7.29. The van der Waals surface area contributed by atoms with Gasteiger partial charge < -0.3 is 10.2 Å². The maximum absolute atomic E-state index is 8.89. The van der Waals surface area contributed by atoms with Gasteiger partial charge in [0.1, 0.15) is 0 Å². The summed E-state index contributed by atoms with van der Waals surface area (Å²) < 4.78 is 0. The molecule has 3 nitrogen and oxygen atoms in total. The minimum absolute atomic E-state index is 0.382. The topological polar surface area (TPSA) is 43.7 Å². The molecule has 0 saturated carbocycles. The highest BCUT2D eigenvalue weighted by Crippen LogP contribution is 2.08. The number of hydrogen-bond donors (Lipinski definition) is 2. The van der Waals surface area contributed by atoms with Crippen molar-refractivity contribution in [2.24, 2.45) is 0 Å². The Hall–Kier alpha value is -0.120. The number of likely N-dealkylation sites (N-methyl/N-ethyl adjacent to an activating group) is 1. The fourth-order valence-corrected chi connectivity index (χ4v) is 2.08. The van der Waals surface area contributed by atoms with E-state index in [1.54, 1.807) is 0 Å².